The maximum Gasteiger partial charge on any atom is 0.303 e. The molecule has 33 heavy (non-hydrogen) atoms. The molecule has 0 amide bonds. The van der Waals surface area contributed by atoms with Crippen molar-refractivity contribution in [3.8, 4) is 17.0 Å². The number of benzene rings is 1. The first-order chi connectivity index (χ1) is 15.6. The highest BCUT2D eigenvalue weighted by Crippen LogP contribution is 2.35. The van der Waals surface area contributed by atoms with Crippen LogP contribution in [0.2, 0.25) is 0 Å². The van der Waals surface area contributed by atoms with Gasteiger partial charge in [0, 0.05) is 44.4 Å². The zero-order valence-corrected chi connectivity index (χ0v) is 19.4. The van der Waals surface area contributed by atoms with Crippen LogP contribution in [0.4, 0.5) is 4.39 Å². The fourth-order valence-electron chi connectivity index (χ4n) is 3.49. The molecule has 2 heterocycles. The zero-order valence-electron chi connectivity index (χ0n) is 18.6. The van der Waals surface area contributed by atoms with Crippen LogP contribution in [-0.2, 0) is 28.6 Å². The molecule has 1 aliphatic heterocycles. The predicted molar refractivity (Wildman–Crippen MR) is 118 cm³/mol. The molecule has 0 aliphatic carbocycles. The van der Waals surface area contributed by atoms with Crippen LogP contribution in [0.3, 0.4) is 0 Å². The van der Waals surface area contributed by atoms with Crippen LogP contribution in [0, 0.1) is 12.7 Å². The molecule has 1 saturated heterocycles. The highest BCUT2D eigenvalue weighted by Gasteiger charge is 2.47. The molecule has 0 bridgehead atoms. The van der Waals surface area contributed by atoms with Crippen LogP contribution in [0.5, 0.6) is 5.75 Å². The van der Waals surface area contributed by atoms with Gasteiger partial charge in [0.05, 0.1) is 5.69 Å². The van der Waals surface area contributed by atoms with E-state index in [1.807, 2.05) is 0 Å². The van der Waals surface area contributed by atoms with Gasteiger partial charge in [-0.1, -0.05) is 0 Å². The molecule has 8 nitrogen and oxygen atoms in total. The Morgan fingerprint density at radius 2 is 1.64 bits per heavy atom. The molecule has 1 aromatic heterocycles. The molecule has 4 atom stereocenters. The van der Waals surface area contributed by atoms with Gasteiger partial charge in [-0.05, 0) is 36.8 Å². The van der Waals surface area contributed by atoms with E-state index >= 15 is 0 Å². The molecule has 1 fully saturated rings. The first kappa shape index (κ1) is 24.5. The quantitative estimate of drug-likeness (QED) is 0.457. The van der Waals surface area contributed by atoms with E-state index in [0.29, 0.717) is 17.0 Å². The van der Waals surface area contributed by atoms with E-state index in [1.54, 1.807) is 31.3 Å². The van der Waals surface area contributed by atoms with Crippen LogP contribution in [0.25, 0.3) is 11.3 Å². The van der Waals surface area contributed by atoms with Gasteiger partial charge in [-0.25, -0.2) is 4.39 Å². The van der Waals surface area contributed by atoms with E-state index in [9.17, 15) is 18.8 Å². The number of carbonyl (C=O) groups excluding carboxylic acids is 3. The molecular weight excluding hydrogens is 453 g/mol. The molecule has 0 unspecified atom stereocenters. The third-order valence-electron chi connectivity index (χ3n) is 4.75. The number of esters is 3. The fourth-order valence-corrected chi connectivity index (χ4v) is 4.71. The van der Waals surface area contributed by atoms with Crippen molar-refractivity contribution in [2.75, 3.05) is 5.75 Å². The summed E-state index contributed by atoms with van der Waals surface area (Å²) in [5.41, 5.74) is 1.27. The third-order valence-corrected chi connectivity index (χ3v) is 5.97. The van der Waals surface area contributed by atoms with Crippen LogP contribution >= 0.6 is 11.8 Å². The average molecular weight is 478 g/mol. The number of nitrogens with zero attached hydrogens (tertiary/aromatic N) is 1. The van der Waals surface area contributed by atoms with Gasteiger partial charge in [0.2, 0.25) is 0 Å². The van der Waals surface area contributed by atoms with Gasteiger partial charge >= 0.3 is 17.9 Å². The van der Waals surface area contributed by atoms with E-state index < -0.39 is 41.7 Å². The zero-order chi connectivity index (χ0) is 24.1. The predicted octanol–water partition coefficient (Wildman–Crippen LogP) is 3.44. The number of thioether (sulfide) groups is 1. The van der Waals surface area contributed by atoms with E-state index in [-0.39, 0.29) is 11.6 Å². The molecule has 1 aromatic carbocycles. The standard InChI is InChI=1S/C23H24FNO7S/c1-12-9-16(24)5-6-18(12)19-10-17(7-8-25-19)32-23-22(31-15(4)28)21(30-14(3)27)20(11-33-23)29-13(2)26/h5-10,20-23H,11H2,1-4H3/t20-,21+,22-,23-/m1/s1. The minimum Gasteiger partial charge on any atom is -0.476 e. The van der Waals surface area contributed by atoms with Gasteiger partial charge in [-0.2, -0.15) is 0 Å². The first-order valence-electron chi connectivity index (χ1n) is 10.2. The summed E-state index contributed by atoms with van der Waals surface area (Å²) in [4.78, 5) is 39.4. The summed E-state index contributed by atoms with van der Waals surface area (Å²) < 4.78 is 35.7. The molecule has 1 aliphatic rings. The largest absolute Gasteiger partial charge is 0.476 e. The number of aromatic nitrogens is 1. The van der Waals surface area contributed by atoms with Gasteiger partial charge in [-0.3, -0.25) is 19.4 Å². The smallest absolute Gasteiger partial charge is 0.303 e. The van der Waals surface area contributed by atoms with Crippen molar-refractivity contribution in [3.05, 3.63) is 47.9 Å². The summed E-state index contributed by atoms with van der Waals surface area (Å²) in [6.07, 6.45) is -1.33. The van der Waals surface area contributed by atoms with E-state index in [0.717, 1.165) is 5.56 Å². The van der Waals surface area contributed by atoms with Crippen molar-refractivity contribution in [2.45, 2.75) is 51.4 Å². The Morgan fingerprint density at radius 3 is 2.27 bits per heavy atom. The van der Waals surface area contributed by atoms with Crippen molar-refractivity contribution in [1.82, 2.24) is 4.98 Å². The van der Waals surface area contributed by atoms with Crippen LogP contribution in [0.15, 0.2) is 36.5 Å². The summed E-state index contributed by atoms with van der Waals surface area (Å²) in [7, 11) is 0. The lowest BCUT2D eigenvalue weighted by Crippen LogP contribution is -2.55. The summed E-state index contributed by atoms with van der Waals surface area (Å²) >= 11 is 1.26. The summed E-state index contributed by atoms with van der Waals surface area (Å²) in [6.45, 7) is 5.46. The number of carbonyl (C=O) groups is 3. The van der Waals surface area contributed by atoms with Crippen molar-refractivity contribution < 1.29 is 37.7 Å². The van der Waals surface area contributed by atoms with Crippen molar-refractivity contribution in [1.29, 1.82) is 0 Å². The Balaban J connectivity index is 1.88. The average Bonchev–Trinajstić information content (AvgIpc) is 2.71. The second-order valence-corrected chi connectivity index (χ2v) is 8.58. The minimum atomic E-state index is -1.04. The van der Waals surface area contributed by atoms with Crippen molar-refractivity contribution in [3.63, 3.8) is 0 Å². The maximum absolute atomic E-state index is 13.5. The molecule has 0 saturated carbocycles. The Hall–Kier alpha value is -3.14. The number of hydrogen-bond acceptors (Lipinski definition) is 9. The normalized spacial score (nSPS) is 22.2. The van der Waals surface area contributed by atoms with Gasteiger partial charge in [0.1, 0.15) is 11.6 Å². The lowest BCUT2D eigenvalue weighted by molar-refractivity contribution is -0.186. The molecular formula is C23H24FNO7S. The minimum absolute atomic E-state index is 0.259. The van der Waals surface area contributed by atoms with E-state index in [2.05, 4.69) is 4.98 Å². The monoisotopic (exact) mass is 477 g/mol. The number of halogens is 1. The summed E-state index contributed by atoms with van der Waals surface area (Å²) in [5, 5.41) is 0. The summed E-state index contributed by atoms with van der Waals surface area (Å²) in [5.74, 6) is -1.43. The van der Waals surface area contributed by atoms with Crippen LogP contribution in [-0.4, -0.2) is 52.4 Å². The van der Waals surface area contributed by atoms with Crippen LogP contribution in [0.1, 0.15) is 26.3 Å². The van der Waals surface area contributed by atoms with E-state index in [1.165, 1.54) is 44.7 Å². The van der Waals surface area contributed by atoms with E-state index in [4.69, 9.17) is 18.9 Å². The van der Waals surface area contributed by atoms with Gasteiger partial charge in [0.25, 0.3) is 0 Å². The molecule has 3 rings (SSSR count). The van der Waals surface area contributed by atoms with Gasteiger partial charge < -0.3 is 18.9 Å². The highest BCUT2D eigenvalue weighted by molar-refractivity contribution is 7.99. The number of ether oxygens (including phenoxy) is 4. The third kappa shape index (κ3) is 6.44. The SMILES string of the molecule is CC(=O)O[C@@H]1[C@@H](OC(C)=O)[C@H](OC(C)=O)CS[C@H]1Oc1ccnc(-c2ccc(F)cc2C)c1. The Bertz CT molecular complexity index is 1050. The topological polar surface area (TPSA) is 101 Å². The van der Waals surface area contributed by atoms with Crippen LogP contribution < -0.4 is 4.74 Å². The lowest BCUT2D eigenvalue weighted by Gasteiger charge is -2.39. The molecule has 176 valence electrons. The molecule has 0 radical (unpaired) electrons. The van der Waals surface area contributed by atoms with Gasteiger partial charge in [0.15, 0.2) is 23.7 Å². The molecule has 0 spiro atoms. The summed E-state index contributed by atoms with van der Waals surface area (Å²) in [6, 6.07) is 7.72. The molecule has 10 heteroatoms. The first-order valence-corrected chi connectivity index (χ1v) is 11.2. The number of pyridine rings is 1. The van der Waals surface area contributed by atoms with Gasteiger partial charge in [-0.15, -0.1) is 11.8 Å². The molecule has 2 aromatic rings. The Morgan fingerprint density at radius 1 is 0.970 bits per heavy atom. The van der Waals surface area contributed by atoms with Crippen molar-refractivity contribution >= 4 is 29.7 Å². The fraction of sp³-hybridized carbons (Fsp3) is 0.391. The number of hydrogen-bond donors (Lipinski definition) is 0. The second-order valence-electron chi connectivity index (χ2n) is 7.45. The van der Waals surface area contributed by atoms with Crippen molar-refractivity contribution in [2.24, 2.45) is 0 Å². The highest BCUT2D eigenvalue weighted by atomic mass is 32.2. The number of rotatable bonds is 6. The maximum atomic E-state index is 13.5. The Labute approximate surface area is 194 Å². The second kappa shape index (κ2) is 10.7. The molecule has 0 N–H and O–H groups in total. The lowest BCUT2D eigenvalue weighted by atomic mass is 10.0. The Kier molecular flexibility index (Phi) is 7.91. The number of aryl methyl sites for hydroxylation is 1.